The van der Waals surface area contributed by atoms with Crippen molar-refractivity contribution in [2.45, 2.75) is 11.3 Å². The van der Waals surface area contributed by atoms with Gasteiger partial charge in [-0.1, -0.05) is 48.0 Å². The van der Waals surface area contributed by atoms with Gasteiger partial charge in [-0.25, -0.2) is 13.6 Å². The Balaban J connectivity index is 1.83. The van der Waals surface area contributed by atoms with Crippen molar-refractivity contribution in [3.8, 4) is 0 Å². The third-order valence-electron chi connectivity index (χ3n) is 4.16. The SMILES string of the molecule is NS(=O)(=O)c1cc(NC(=O)Cc2ccccc2Cl)ccc1C(=O)Nc1ccccc1. The zero-order valence-electron chi connectivity index (χ0n) is 15.6. The Morgan fingerprint density at radius 2 is 1.53 bits per heavy atom. The largest absolute Gasteiger partial charge is 0.326 e. The van der Waals surface area contributed by atoms with Gasteiger partial charge in [-0.15, -0.1) is 0 Å². The zero-order valence-corrected chi connectivity index (χ0v) is 17.2. The van der Waals surface area contributed by atoms with Gasteiger partial charge >= 0.3 is 0 Å². The van der Waals surface area contributed by atoms with Crippen LogP contribution in [0.2, 0.25) is 5.02 Å². The molecule has 0 aliphatic rings. The van der Waals surface area contributed by atoms with Crippen LogP contribution in [0.1, 0.15) is 15.9 Å². The number of hydrogen-bond donors (Lipinski definition) is 3. The Labute approximate surface area is 178 Å². The smallest absolute Gasteiger partial charge is 0.257 e. The number of halogens is 1. The van der Waals surface area contributed by atoms with Gasteiger partial charge in [0.1, 0.15) is 0 Å². The van der Waals surface area contributed by atoms with Gasteiger partial charge in [-0.2, -0.15) is 0 Å². The maximum absolute atomic E-state index is 12.6. The summed E-state index contributed by atoms with van der Waals surface area (Å²) < 4.78 is 24.1. The van der Waals surface area contributed by atoms with Crippen LogP contribution < -0.4 is 15.8 Å². The van der Waals surface area contributed by atoms with Crippen LogP contribution in [0.5, 0.6) is 0 Å². The number of para-hydroxylation sites is 1. The highest BCUT2D eigenvalue weighted by Crippen LogP contribution is 2.22. The number of anilines is 2. The maximum Gasteiger partial charge on any atom is 0.257 e. The molecule has 0 fully saturated rings. The molecule has 0 radical (unpaired) electrons. The first-order chi connectivity index (χ1) is 14.2. The molecule has 3 aromatic carbocycles. The standard InChI is InChI=1S/C21H18ClN3O4S/c22-18-9-5-4-6-14(18)12-20(26)24-16-10-11-17(19(13-16)30(23,28)29)21(27)25-15-7-2-1-3-8-15/h1-11,13H,12H2,(H,24,26)(H,25,27)(H2,23,28,29). The van der Waals surface area contributed by atoms with Crippen molar-refractivity contribution in [1.29, 1.82) is 0 Å². The second-order valence-corrected chi connectivity index (χ2v) is 8.33. The van der Waals surface area contributed by atoms with Crippen molar-refractivity contribution < 1.29 is 18.0 Å². The molecule has 7 nitrogen and oxygen atoms in total. The molecule has 0 atom stereocenters. The normalized spacial score (nSPS) is 11.0. The Morgan fingerprint density at radius 3 is 2.20 bits per heavy atom. The average molecular weight is 444 g/mol. The number of hydrogen-bond acceptors (Lipinski definition) is 4. The summed E-state index contributed by atoms with van der Waals surface area (Å²) in [6, 6.07) is 19.3. The highest BCUT2D eigenvalue weighted by molar-refractivity contribution is 7.89. The van der Waals surface area contributed by atoms with E-state index in [1.54, 1.807) is 54.6 Å². The van der Waals surface area contributed by atoms with E-state index in [4.69, 9.17) is 16.7 Å². The fourth-order valence-electron chi connectivity index (χ4n) is 2.76. The number of benzene rings is 3. The van der Waals surface area contributed by atoms with Gasteiger partial charge in [0.25, 0.3) is 5.91 Å². The monoisotopic (exact) mass is 443 g/mol. The second kappa shape index (κ2) is 9.08. The first kappa shape index (κ1) is 21.5. The van der Waals surface area contributed by atoms with Crippen LogP contribution in [0.15, 0.2) is 77.7 Å². The third-order valence-corrected chi connectivity index (χ3v) is 5.48. The van der Waals surface area contributed by atoms with Crippen LogP contribution in [0.4, 0.5) is 11.4 Å². The van der Waals surface area contributed by atoms with Crippen LogP contribution in [-0.2, 0) is 21.2 Å². The summed E-state index contributed by atoms with van der Waals surface area (Å²) in [4.78, 5) is 24.5. The number of carbonyl (C=O) groups is 2. The van der Waals surface area contributed by atoms with Crippen molar-refractivity contribution in [3.05, 3.63) is 88.9 Å². The van der Waals surface area contributed by atoms with Crippen LogP contribution in [0.25, 0.3) is 0 Å². The summed E-state index contributed by atoms with van der Waals surface area (Å²) in [6.45, 7) is 0. The van der Waals surface area contributed by atoms with Crippen LogP contribution in [0.3, 0.4) is 0 Å². The number of primary sulfonamides is 1. The summed E-state index contributed by atoms with van der Waals surface area (Å²) in [5.74, 6) is -1.04. The molecule has 3 rings (SSSR count). The predicted octanol–water partition coefficient (Wildman–Crippen LogP) is 3.42. The molecular weight excluding hydrogens is 426 g/mol. The van der Waals surface area contributed by atoms with Crippen LogP contribution in [-0.4, -0.2) is 20.2 Å². The molecule has 154 valence electrons. The molecule has 0 saturated carbocycles. The molecule has 0 aliphatic heterocycles. The van der Waals surface area contributed by atoms with E-state index in [-0.39, 0.29) is 17.7 Å². The fraction of sp³-hybridized carbons (Fsp3) is 0.0476. The summed E-state index contributed by atoms with van der Waals surface area (Å²) in [7, 11) is -4.23. The van der Waals surface area contributed by atoms with E-state index in [2.05, 4.69) is 10.6 Å². The molecule has 3 aromatic rings. The lowest BCUT2D eigenvalue weighted by molar-refractivity contribution is -0.115. The van der Waals surface area contributed by atoms with Gasteiger partial charge in [0, 0.05) is 16.4 Å². The molecule has 0 aromatic heterocycles. The van der Waals surface area contributed by atoms with Crippen molar-refractivity contribution >= 4 is 44.8 Å². The quantitative estimate of drug-likeness (QED) is 0.540. The number of amides is 2. The molecule has 9 heteroatoms. The number of sulfonamides is 1. The molecule has 0 spiro atoms. The topological polar surface area (TPSA) is 118 Å². The highest BCUT2D eigenvalue weighted by Gasteiger charge is 2.21. The third kappa shape index (κ3) is 5.44. The Bertz CT molecular complexity index is 1200. The molecule has 0 bridgehead atoms. The minimum Gasteiger partial charge on any atom is -0.326 e. The van der Waals surface area contributed by atoms with Gasteiger partial charge in [-0.3, -0.25) is 9.59 Å². The zero-order chi connectivity index (χ0) is 21.7. The van der Waals surface area contributed by atoms with Gasteiger partial charge < -0.3 is 10.6 Å². The first-order valence-corrected chi connectivity index (χ1v) is 10.7. The summed E-state index contributed by atoms with van der Waals surface area (Å²) in [6.07, 6.45) is 0.000621. The number of nitrogens with one attached hydrogen (secondary N) is 2. The summed E-state index contributed by atoms with van der Waals surface area (Å²) >= 11 is 6.06. The number of nitrogens with two attached hydrogens (primary N) is 1. The minimum atomic E-state index is -4.23. The second-order valence-electron chi connectivity index (χ2n) is 6.39. The molecule has 0 aliphatic carbocycles. The van der Waals surface area contributed by atoms with E-state index in [1.807, 2.05) is 0 Å². The Morgan fingerprint density at radius 1 is 0.867 bits per heavy atom. The Kier molecular flexibility index (Phi) is 6.51. The van der Waals surface area contributed by atoms with E-state index in [0.29, 0.717) is 16.3 Å². The average Bonchev–Trinajstić information content (AvgIpc) is 2.70. The van der Waals surface area contributed by atoms with Crippen molar-refractivity contribution in [1.82, 2.24) is 0 Å². The number of carbonyl (C=O) groups excluding carboxylic acids is 2. The predicted molar refractivity (Wildman–Crippen MR) is 116 cm³/mol. The minimum absolute atomic E-state index is 0.000621. The van der Waals surface area contributed by atoms with Crippen LogP contribution in [0, 0.1) is 0 Å². The van der Waals surface area contributed by atoms with E-state index < -0.39 is 26.7 Å². The molecule has 0 saturated heterocycles. The van der Waals surface area contributed by atoms with E-state index in [9.17, 15) is 18.0 Å². The summed E-state index contributed by atoms with van der Waals surface area (Å²) in [5.41, 5.74) is 1.18. The Hall–Kier alpha value is -3.20. The maximum atomic E-state index is 12.6. The van der Waals surface area contributed by atoms with Gasteiger partial charge in [0.05, 0.1) is 16.9 Å². The van der Waals surface area contributed by atoms with E-state index >= 15 is 0 Å². The van der Waals surface area contributed by atoms with Crippen LogP contribution >= 0.6 is 11.6 Å². The van der Waals surface area contributed by atoms with Gasteiger partial charge in [0.2, 0.25) is 15.9 Å². The van der Waals surface area contributed by atoms with Gasteiger partial charge in [0.15, 0.2) is 0 Å². The lowest BCUT2D eigenvalue weighted by Crippen LogP contribution is -2.21. The lowest BCUT2D eigenvalue weighted by Gasteiger charge is -2.12. The van der Waals surface area contributed by atoms with E-state index in [0.717, 1.165) is 6.07 Å². The van der Waals surface area contributed by atoms with Gasteiger partial charge in [-0.05, 0) is 42.0 Å². The summed E-state index contributed by atoms with van der Waals surface area (Å²) in [5, 5.41) is 10.9. The molecule has 4 N–H and O–H groups in total. The van der Waals surface area contributed by atoms with Crippen molar-refractivity contribution in [3.63, 3.8) is 0 Å². The molecule has 0 unspecified atom stereocenters. The molecular formula is C21H18ClN3O4S. The molecule has 2 amide bonds. The lowest BCUT2D eigenvalue weighted by atomic mass is 10.1. The molecule has 0 heterocycles. The first-order valence-electron chi connectivity index (χ1n) is 8.80. The molecule has 30 heavy (non-hydrogen) atoms. The fourth-order valence-corrected chi connectivity index (χ4v) is 3.72. The van der Waals surface area contributed by atoms with Crippen molar-refractivity contribution in [2.75, 3.05) is 10.6 Å². The van der Waals surface area contributed by atoms with E-state index in [1.165, 1.54) is 12.1 Å². The van der Waals surface area contributed by atoms with Crippen molar-refractivity contribution in [2.24, 2.45) is 5.14 Å². The highest BCUT2D eigenvalue weighted by atomic mass is 35.5. The number of rotatable bonds is 6.